The van der Waals surface area contributed by atoms with Gasteiger partial charge in [-0.2, -0.15) is 0 Å². The molecule has 1 N–H and O–H groups in total. The molecule has 4 rings (SSSR count). The van der Waals surface area contributed by atoms with Crippen molar-refractivity contribution in [1.82, 2.24) is 19.9 Å². The molecule has 29 heavy (non-hydrogen) atoms. The topological polar surface area (TPSA) is 72.4 Å². The van der Waals surface area contributed by atoms with E-state index in [1.54, 1.807) is 6.07 Å². The third-order valence-corrected chi connectivity index (χ3v) is 5.05. The molecule has 0 bridgehead atoms. The normalized spacial score (nSPS) is 12.2. The van der Waals surface area contributed by atoms with Crippen molar-refractivity contribution in [3.63, 3.8) is 0 Å². The van der Waals surface area contributed by atoms with Gasteiger partial charge in [0.25, 0.3) is 5.91 Å². The summed E-state index contributed by atoms with van der Waals surface area (Å²) in [7, 11) is 0. The molecule has 0 aliphatic rings. The van der Waals surface area contributed by atoms with Gasteiger partial charge in [-0.15, -0.1) is 0 Å². The number of imidazole rings is 1. The van der Waals surface area contributed by atoms with E-state index in [0.29, 0.717) is 18.9 Å². The zero-order valence-electron chi connectivity index (χ0n) is 16.8. The lowest BCUT2D eigenvalue weighted by Gasteiger charge is -2.08. The van der Waals surface area contributed by atoms with Crippen LogP contribution in [0.5, 0.6) is 0 Å². The highest BCUT2D eigenvalue weighted by Crippen LogP contribution is 2.20. The van der Waals surface area contributed by atoms with E-state index in [1.165, 1.54) is 5.56 Å². The number of amides is 1. The van der Waals surface area contributed by atoms with Crippen molar-refractivity contribution in [3.8, 4) is 0 Å². The fourth-order valence-corrected chi connectivity index (χ4v) is 3.54. The number of pyridine rings is 1. The fourth-order valence-electron chi connectivity index (χ4n) is 3.54. The van der Waals surface area contributed by atoms with Gasteiger partial charge in [0.05, 0.1) is 17.9 Å². The van der Waals surface area contributed by atoms with E-state index in [-0.39, 0.29) is 11.7 Å². The van der Waals surface area contributed by atoms with Gasteiger partial charge in [0.2, 0.25) is 5.76 Å². The molecule has 0 unspecified atom stereocenters. The minimum Gasteiger partial charge on any atom is -0.351 e. The minimum atomic E-state index is -0.291. The first kappa shape index (κ1) is 18.9. The number of aromatic nitrogens is 3. The first-order valence-electron chi connectivity index (χ1n) is 9.73. The maximum Gasteiger partial charge on any atom is 0.290 e. The van der Waals surface area contributed by atoms with Gasteiger partial charge >= 0.3 is 0 Å². The molecule has 0 radical (unpaired) electrons. The minimum absolute atomic E-state index is 0.219. The molecule has 3 heterocycles. The number of aryl methyl sites for hydroxylation is 2. The quantitative estimate of drug-likeness (QED) is 0.537. The molecule has 0 spiro atoms. The van der Waals surface area contributed by atoms with Crippen LogP contribution in [0.15, 0.2) is 59.3 Å². The van der Waals surface area contributed by atoms with Crippen molar-refractivity contribution in [3.05, 3.63) is 88.7 Å². The molecule has 148 valence electrons. The van der Waals surface area contributed by atoms with Crippen LogP contribution in [0, 0.1) is 13.8 Å². The fraction of sp³-hybridized carbons (Fsp3) is 0.261. The zero-order chi connectivity index (χ0) is 20.4. The summed E-state index contributed by atoms with van der Waals surface area (Å²) in [4.78, 5) is 17.0. The summed E-state index contributed by atoms with van der Waals surface area (Å²) < 4.78 is 7.28. The van der Waals surface area contributed by atoms with Gasteiger partial charge < -0.3 is 14.2 Å². The summed E-state index contributed by atoms with van der Waals surface area (Å²) in [6.45, 7) is 6.55. The molecule has 0 saturated carbocycles. The third kappa shape index (κ3) is 4.21. The van der Waals surface area contributed by atoms with Gasteiger partial charge in [0.15, 0.2) is 0 Å². The van der Waals surface area contributed by atoms with Crippen LogP contribution in [0.25, 0.3) is 5.65 Å². The Balaban J connectivity index is 1.39. The van der Waals surface area contributed by atoms with Crippen LogP contribution in [0.1, 0.15) is 51.6 Å². The van der Waals surface area contributed by atoms with Gasteiger partial charge in [-0.1, -0.05) is 42.4 Å². The maximum absolute atomic E-state index is 12.4. The summed E-state index contributed by atoms with van der Waals surface area (Å²) >= 11 is 0. The standard InChI is InChI=1S/C23H24N4O2/c1-15-9-17(3)27-14-20(25-22(27)10-15)13-24-23(28)21-12-19(26-29-21)11-16(2)18-7-5-4-6-8-18/h4-10,12,14,16H,11,13H2,1-3H3,(H,24,28)/t16-/m1/s1. The average molecular weight is 388 g/mol. The van der Waals surface area contributed by atoms with Gasteiger partial charge in [0, 0.05) is 18.0 Å². The lowest BCUT2D eigenvalue weighted by molar-refractivity contribution is 0.0913. The van der Waals surface area contributed by atoms with E-state index < -0.39 is 0 Å². The van der Waals surface area contributed by atoms with Crippen molar-refractivity contribution in [2.75, 3.05) is 0 Å². The lowest BCUT2D eigenvalue weighted by atomic mass is 9.96. The maximum atomic E-state index is 12.4. The molecule has 1 amide bonds. The Kier molecular flexibility index (Phi) is 5.16. The first-order valence-corrected chi connectivity index (χ1v) is 9.73. The summed E-state index contributed by atoms with van der Waals surface area (Å²) in [6.07, 6.45) is 2.66. The van der Waals surface area contributed by atoms with Gasteiger partial charge in [-0.25, -0.2) is 4.98 Å². The Morgan fingerprint density at radius 2 is 1.93 bits per heavy atom. The van der Waals surface area contributed by atoms with Crippen LogP contribution in [0.3, 0.4) is 0 Å². The predicted molar refractivity (Wildman–Crippen MR) is 111 cm³/mol. The molecule has 4 aromatic rings. The molecule has 0 saturated heterocycles. The molecular weight excluding hydrogens is 364 g/mol. The number of rotatable bonds is 6. The average Bonchev–Trinajstić information content (AvgIpc) is 3.34. The van der Waals surface area contributed by atoms with Crippen molar-refractivity contribution in [2.45, 2.75) is 39.7 Å². The largest absolute Gasteiger partial charge is 0.351 e. The zero-order valence-corrected chi connectivity index (χ0v) is 16.8. The van der Waals surface area contributed by atoms with Crippen molar-refractivity contribution >= 4 is 11.6 Å². The van der Waals surface area contributed by atoms with Gasteiger partial charge in [0.1, 0.15) is 5.65 Å². The van der Waals surface area contributed by atoms with Gasteiger partial charge in [-0.05, 0) is 49.4 Å². The van der Waals surface area contributed by atoms with Crippen LogP contribution in [0.4, 0.5) is 0 Å². The van der Waals surface area contributed by atoms with E-state index in [2.05, 4.69) is 40.6 Å². The predicted octanol–water partition coefficient (Wildman–Crippen LogP) is 4.22. The van der Waals surface area contributed by atoms with Crippen LogP contribution in [0.2, 0.25) is 0 Å². The summed E-state index contributed by atoms with van der Waals surface area (Å²) in [5.41, 5.74) is 5.95. The van der Waals surface area contributed by atoms with Crippen LogP contribution >= 0.6 is 0 Å². The number of carbonyl (C=O) groups excluding carboxylic acids is 1. The second kappa shape index (κ2) is 7.91. The van der Waals surface area contributed by atoms with E-state index >= 15 is 0 Å². The Morgan fingerprint density at radius 3 is 2.72 bits per heavy atom. The van der Waals surface area contributed by atoms with Crippen LogP contribution in [-0.2, 0) is 13.0 Å². The van der Waals surface area contributed by atoms with E-state index in [4.69, 9.17) is 4.52 Å². The Hall–Kier alpha value is -3.41. The van der Waals surface area contributed by atoms with Crippen LogP contribution in [-0.4, -0.2) is 20.4 Å². The highest BCUT2D eigenvalue weighted by Gasteiger charge is 2.16. The summed E-state index contributed by atoms with van der Waals surface area (Å²) in [5, 5.41) is 6.92. The number of fused-ring (bicyclic) bond motifs is 1. The molecule has 1 aromatic carbocycles. The smallest absolute Gasteiger partial charge is 0.290 e. The highest BCUT2D eigenvalue weighted by atomic mass is 16.5. The molecule has 6 nitrogen and oxygen atoms in total. The number of carbonyl (C=O) groups is 1. The summed E-state index contributed by atoms with van der Waals surface area (Å²) in [6, 6.07) is 16.1. The Bertz CT molecular complexity index is 1140. The number of benzene rings is 1. The SMILES string of the molecule is Cc1cc(C)n2cc(CNC(=O)c3cc(C[C@@H](C)c4ccccc4)no3)nc2c1. The number of hydrogen-bond donors (Lipinski definition) is 1. The van der Waals surface area contributed by atoms with Gasteiger partial charge in [-0.3, -0.25) is 4.79 Å². The molecule has 6 heteroatoms. The number of nitrogens with one attached hydrogen (secondary N) is 1. The van der Waals surface area contributed by atoms with E-state index in [1.807, 2.05) is 48.7 Å². The van der Waals surface area contributed by atoms with Crippen molar-refractivity contribution < 1.29 is 9.32 Å². The monoisotopic (exact) mass is 388 g/mol. The molecule has 0 aliphatic heterocycles. The molecule has 0 aliphatic carbocycles. The first-order chi connectivity index (χ1) is 14.0. The van der Waals surface area contributed by atoms with E-state index in [9.17, 15) is 4.79 Å². The molecule has 1 atom stereocenters. The Labute approximate surface area is 169 Å². The molecule has 3 aromatic heterocycles. The van der Waals surface area contributed by atoms with Crippen LogP contribution < -0.4 is 5.32 Å². The number of nitrogens with zero attached hydrogens (tertiary/aromatic N) is 3. The second-order valence-electron chi connectivity index (χ2n) is 7.52. The van der Waals surface area contributed by atoms with Crippen molar-refractivity contribution in [1.29, 1.82) is 0 Å². The Morgan fingerprint density at radius 1 is 1.14 bits per heavy atom. The number of hydrogen-bond acceptors (Lipinski definition) is 4. The molecule has 0 fully saturated rings. The van der Waals surface area contributed by atoms with E-state index in [0.717, 1.165) is 28.3 Å². The lowest BCUT2D eigenvalue weighted by Crippen LogP contribution is -2.22. The van der Waals surface area contributed by atoms with Crippen molar-refractivity contribution in [2.24, 2.45) is 0 Å². The highest BCUT2D eigenvalue weighted by molar-refractivity contribution is 5.91. The molecular formula is C23H24N4O2. The summed E-state index contributed by atoms with van der Waals surface area (Å²) in [5.74, 6) is 0.221. The second-order valence-corrected chi connectivity index (χ2v) is 7.52. The third-order valence-electron chi connectivity index (χ3n) is 5.05.